The van der Waals surface area contributed by atoms with Gasteiger partial charge in [0, 0.05) is 32.0 Å². The molecule has 1 aromatic rings. The second kappa shape index (κ2) is 6.64. The number of rotatable bonds is 3. The van der Waals surface area contributed by atoms with Crippen molar-refractivity contribution in [3.63, 3.8) is 0 Å². The van der Waals surface area contributed by atoms with Gasteiger partial charge < -0.3 is 0 Å². The number of carbonyl (C=O) groups excluding carboxylic acids is 1. The van der Waals surface area contributed by atoms with E-state index in [1.54, 1.807) is 6.92 Å². The second-order valence-corrected chi connectivity index (χ2v) is 5.58. The SMILES string of the molecule is CCN(C(=O)c1cnccc1C(F)(F)F)N1CCC(C)CC1. The Bertz CT molecular complexity index is 525. The van der Waals surface area contributed by atoms with E-state index in [0.717, 1.165) is 31.3 Å². The Balaban J connectivity index is 2.26. The van der Waals surface area contributed by atoms with Gasteiger partial charge in [-0.05, 0) is 31.7 Å². The van der Waals surface area contributed by atoms with Crippen LogP contribution in [0.5, 0.6) is 0 Å². The summed E-state index contributed by atoms with van der Waals surface area (Å²) in [4.78, 5) is 16.3. The van der Waals surface area contributed by atoms with Gasteiger partial charge in [0.25, 0.3) is 5.91 Å². The molecule has 2 rings (SSSR count). The highest BCUT2D eigenvalue weighted by Crippen LogP contribution is 2.32. The number of piperidine rings is 1. The molecule has 1 fully saturated rings. The third-order valence-electron chi connectivity index (χ3n) is 3.99. The molecule has 0 aromatic carbocycles. The summed E-state index contributed by atoms with van der Waals surface area (Å²) < 4.78 is 39.2. The fourth-order valence-electron chi connectivity index (χ4n) is 2.66. The Hall–Kier alpha value is -1.63. The molecule has 122 valence electrons. The largest absolute Gasteiger partial charge is 0.417 e. The van der Waals surface area contributed by atoms with Gasteiger partial charge in [-0.3, -0.25) is 14.8 Å². The second-order valence-electron chi connectivity index (χ2n) is 5.58. The molecule has 0 N–H and O–H groups in total. The quantitative estimate of drug-likeness (QED) is 0.859. The van der Waals surface area contributed by atoms with Crippen LogP contribution in [0.4, 0.5) is 13.2 Å². The molecule has 2 heterocycles. The first kappa shape index (κ1) is 16.7. The Morgan fingerprint density at radius 1 is 1.41 bits per heavy atom. The fourth-order valence-corrected chi connectivity index (χ4v) is 2.66. The van der Waals surface area contributed by atoms with Crippen molar-refractivity contribution in [1.82, 2.24) is 15.0 Å². The summed E-state index contributed by atoms with van der Waals surface area (Å²) in [6.07, 6.45) is -0.644. The third-order valence-corrected chi connectivity index (χ3v) is 3.99. The summed E-state index contributed by atoms with van der Waals surface area (Å²) in [6, 6.07) is 0.847. The van der Waals surface area contributed by atoms with Crippen molar-refractivity contribution in [2.45, 2.75) is 32.9 Å². The van der Waals surface area contributed by atoms with Crippen molar-refractivity contribution < 1.29 is 18.0 Å². The summed E-state index contributed by atoms with van der Waals surface area (Å²) in [7, 11) is 0. The average Bonchev–Trinajstić information content (AvgIpc) is 2.49. The maximum Gasteiger partial charge on any atom is 0.417 e. The molecule has 1 aliphatic rings. The normalized spacial score (nSPS) is 17.5. The minimum absolute atomic E-state index is 0.333. The number of pyridine rings is 1. The highest BCUT2D eigenvalue weighted by Gasteiger charge is 2.37. The van der Waals surface area contributed by atoms with Gasteiger partial charge in [0.15, 0.2) is 0 Å². The predicted octanol–water partition coefficient (Wildman–Crippen LogP) is 3.21. The van der Waals surface area contributed by atoms with E-state index in [2.05, 4.69) is 11.9 Å². The molecular formula is C15H20F3N3O. The summed E-state index contributed by atoms with van der Waals surface area (Å²) in [5.74, 6) is -0.0633. The number of amides is 1. The monoisotopic (exact) mass is 315 g/mol. The predicted molar refractivity (Wildman–Crippen MR) is 75.9 cm³/mol. The van der Waals surface area contributed by atoms with Gasteiger partial charge in [-0.1, -0.05) is 6.92 Å². The van der Waals surface area contributed by atoms with Crippen LogP contribution in [-0.2, 0) is 6.18 Å². The highest BCUT2D eigenvalue weighted by molar-refractivity contribution is 5.95. The summed E-state index contributed by atoms with van der Waals surface area (Å²) in [6.45, 7) is 5.60. The van der Waals surface area contributed by atoms with E-state index in [1.165, 1.54) is 5.01 Å². The summed E-state index contributed by atoms with van der Waals surface area (Å²) in [5, 5.41) is 3.24. The van der Waals surface area contributed by atoms with Gasteiger partial charge in [0.2, 0.25) is 0 Å². The van der Waals surface area contributed by atoms with E-state index in [0.29, 0.717) is 25.6 Å². The van der Waals surface area contributed by atoms with E-state index in [9.17, 15) is 18.0 Å². The lowest BCUT2D eigenvalue weighted by atomic mass is 10.0. The molecular weight excluding hydrogens is 295 g/mol. The van der Waals surface area contributed by atoms with Crippen LogP contribution in [0.3, 0.4) is 0 Å². The molecule has 22 heavy (non-hydrogen) atoms. The molecule has 4 nitrogen and oxygen atoms in total. The molecule has 0 atom stereocenters. The molecule has 1 amide bonds. The molecule has 0 aliphatic carbocycles. The number of hydrazine groups is 1. The maximum atomic E-state index is 13.1. The average molecular weight is 315 g/mol. The van der Waals surface area contributed by atoms with Crippen LogP contribution in [0, 0.1) is 5.92 Å². The number of hydrogen-bond donors (Lipinski definition) is 0. The van der Waals surface area contributed by atoms with Crippen molar-refractivity contribution in [1.29, 1.82) is 0 Å². The number of carbonyl (C=O) groups is 1. The first-order valence-corrected chi connectivity index (χ1v) is 7.42. The Kier molecular flexibility index (Phi) is 5.05. The molecule has 0 bridgehead atoms. The van der Waals surface area contributed by atoms with Crippen molar-refractivity contribution >= 4 is 5.91 Å². The Morgan fingerprint density at radius 2 is 2.05 bits per heavy atom. The number of alkyl halides is 3. The van der Waals surface area contributed by atoms with Crippen molar-refractivity contribution in [2.24, 2.45) is 5.92 Å². The zero-order valence-electron chi connectivity index (χ0n) is 12.7. The molecule has 0 unspecified atom stereocenters. The molecule has 1 saturated heterocycles. The molecule has 0 radical (unpaired) electrons. The zero-order valence-corrected chi connectivity index (χ0v) is 12.7. The van der Waals surface area contributed by atoms with Crippen LogP contribution in [0.2, 0.25) is 0 Å². The fraction of sp³-hybridized carbons (Fsp3) is 0.600. The van der Waals surface area contributed by atoms with Crippen LogP contribution in [0.1, 0.15) is 42.6 Å². The van der Waals surface area contributed by atoms with Crippen LogP contribution < -0.4 is 0 Å². The molecule has 0 spiro atoms. The molecule has 0 saturated carbocycles. The number of halogens is 3. The first-order valence-electron chi connectivity index (χ1n) is 7.42. The van der Waals surface area contributed by atoms with Crippen molar-refractivity contribution in [3.05, 3.63) is 29.6 Å². The lowest BCUT2D eigenvalue weighted by Gasteiger charge is -2.38. The van der Waals surface area contributed by atoms with Crippen LogP contribution in [0.15, 0.2) is 18.5 Å². The van der Waals surface area contributed by atoms with Gasteiger partial charge in [-0.25, -0.2) is 5.01 Å². The number of hydrogen-bond acceptors (Lipinski definition) is 3. The Labute approximate surface area is 127 Å². The first-order chi connectivity index (χ1) is 10.3. The number of aromatic nitrogens is 1. The summed E-state index contributed by atoms with van der Waals surface area (Å²) in [5.41, 5.74) is -1.33. The Morgan fingerprint density at radius 3 is 2.59 bits per heavy atom. The van der Waals surface area contributed by atoms with Crippen LogP contribution in [-0.4, -0.2) is 40.5 Å². The molecule has 7 heteroatoms. The lowest BCUT2D eigenvalue weighted by Crippen LogP contribution is -2.50. The van der Waals surface area contributed by atoms with Gasteiger partial charge in [0.05, 0.1) is 11.1 Å². The van der Waals surface area contributed by atoms with E-state index in [1.807, 2.05) is 5.01 Å². The van der Waals surface area contributed by atoms with Gasteiger partial charge in [-0.15, -0.1) is 0 Å². The summed E-state index contributed by atoms with van der Waals surface area (Å²) >= 11 is 0. The smallest absolute Gasteiger partial charge is 0.271 e. The van der Waals surface area contributed by atoms with Gasteiger partial charge in [0.1, 0.15) is 0 Å². The number of nitrogens with zero attached hydrogens (tertiary/aromatic N) is 3. The zero-order chi connectivity index (χ0) is 16.3. The van der Waals surface area contributed by atoms with Crippen molar-refractivity contribution in [2.75, 3.05) is 19.6 Å². The van der Waals surface area contributed by atoms with Gasteiger partial charge >= 0.3 is 6.18 Å². The third kappa shape index (κ3) is 3.58. The topological polar surface area (TPSA) is 36.4 Å². The van der Waals surface area contributed by atoms with E-state index in [-0.39, 0.29) is 0 Å². The van der Waals surface area contributed by atoms with E-state index >= 15 is 0 Å². The molecule has 1 aliphatic heterocycles. The lowest BCUT2D eigenvalue weighted by molar-refractivity contribution is -0.138. The standard InChI is InChI=1S/C15H20F3N3O/c1-3-21(20-8-5-11(2)6-9-20)14(22)12-10-19-7-4-13(12)15(16,17)18/h4,7,10-11H,3,5-6,8-9H2,1-2H3. The van der Waals surface area contributed by atoms with E-state index < -0.39 is 23.2 Å². The van der Waals surface area contributed by atoms with Gasteiger partial charge in [-0.2, -0.15) is 13.2 Å². The van der Waals surface area contributed by atoms with Crippen molar-refractivity contribution in [3.8, 4) is 0 Å². The minimum atomic E-state index is -4.57. The minimum Gasteiger partial charge on any atom is -0.271 e. The maximum absolute atomic E-state index is 13.1. The highest BCUT2D eigenvalue weighted by atomic mass is 19.4. The van der Waals surface area contributed by atoms with E-state index in [4.69, 9.17) is 0 Å². The van der Waals surface area contributed by atoms with Crippen LogP contribution in [0.25, 0.3) is 0 Å². The van der Waals surface area contributed by atoms with Crippen LogP contribution >= 0.6 is 0 Å². The molecule has 1 aromatic heterocycles.